The maximum atomic E-state index is 8.63. The lowest BCUT2D eigenvalue weighted by Crippen LogP contribution is -2.25. The smallest absolute Gasteiger partial charge is 0.0953 e. The summed E-state index contributed by atoms with van der Waals surface area (Å²) in [7, 11) is 0. The standard InChI is InChI=1S/C8H11N3S/c1-2-7(3-9)11-5-8-4-10-6-12-8/h4,6-7,11H,2,5H2,1H3. The molecule has 1 atom stereocenters. The molecule has 12 heavy (non-hydrogen) atoms. The van der Waals surface area contributed by atoms with Gasteiger partial charge in [0.15, 0.2) is 0 Å². The van der Waals surface area contributed by atoms with E-state index in [1.54, 1.807) is 16.8 Å². The summed E-state index contributed by atoms with van der Waals surface area (Å²) in [6, 6.07) is 2.15. The van der Waals surface area contributed by atoms with Crippen molar-refractivity contribution in [3.05, 3.63) is 16.6 Å². The van der Waals surface area contributed by atoms with E-state index in [0.29, 0.717) is 0 Å². The summed E-state index contributed by atoms with van der Waals surface area (Å²) in [5.74, 6) is 0. The number of thiazole rings is 1. The Kier molecular flexibility index (Phi) is 3.71. The lowest BCUT2D eigenvalue weighted by molar-refractivity contribution is 0.591. The topological polar surface area (TPSA) is 48.7 Å². The zero-order valence-corrected chi connectivity index (χ0v) is 7.77. The van der Waals surface area contributed by atoms with Gasteiger partial charge in [-0.25, -0.2) is 0 Å². The summed E-state index contributed by atoms with van der Waals surface area (Å²) >= 11 is 1.60. The Morgan fingerprint density at radius 2 is 2.67 bits per heavy atom. The molecule has 1 N–H and O–H groups in total. The molecule has 0 radical (unpaired) electrons. The van der Waals surface area contributed by atoms with Crippen LogP contribution in [0.5, 0.6) is 0 Å². The highest BCUT2D eigenvalue weighted by atomic mass is 32.1. The Labute approximate surface area is 76.1 Å². The minimum absolute atomic E-state index is 0.0351. The summed E-state index contributed by atoms with van der Waals surface area (Å²) in [6.07, 6.45) is 2.66. The molecule has 1 aromatic heterocycles. The summed E-state index contributed by atoms with van der Waals surface area (Å²) in [5.41, 5.74) is 1.80. The van der Waals surface area contributed by atoms with Crippen molar-refractivity contribution < 1.29 is 0 Å². The zero-order valence-electron chi connectivity index (χ0n) is 6.95. The van der Waals surface area contributed by atoms with Crippen molar-refractivity contribution in [3.8, 4) is 6.07 Å². The molecule has 0 bridgehead atoms. The molecule has 0 spiro atoms. The average Bonchev–Trinajstić information content (AvgIpc) is 2.59. The molecule has 0 aromatic carbocycles. The van der Waals surface area contributed by atoms with Gasteiger partial charge in [-0.1, -0.05) is 6.92 Å². The Morgan fingerprint density at radius 1 is 1.83 bits per heavy atom. The van der Waals surface area contributed by atoms with Crippen molar-refractivity contribution in [3.63, 3.8) is 0 Å². The number of rotatable bonds is 4. The van der Waals surface area contributed by atoms with Crippen molar-refractivity contribution in [1.29, 1.82) is 5.26 Å². The van der Waals surface area contributed by atoms with Crippen LogP contribution in [0.3, 0.4) is 0 Å². The third kappa shape index (κ3) is 2.61. The monoisotopic (exact) mass is 181 g/mol. The lowest BCUT2D eigenvalue weighted by Gasteiger charge is -2.05. The maximum Gasteiger partial charge on any atom is 0.0953 e. The van der Waals surface area contributed by atoms with Gasteiger partial charge in [0.05, 0.1) is 17.6 Å². The van der Waals surface area contributed by atoms with Crippen LogP contribution in [-0.2, 0) is 6.54 Å². The SMILES string of the molecule is CCC(C#N)NCc1cncs1. The van der Waals surface area contributed by atoms with Gasteiger partial charge in [-0.3, -0.25) is 10.3 Å². The summed E-state index contributed by atoms with van der Waals surface area (Å²) in [4.78, 5) is 5.12. The van der Waals surface area contributed by atoms with Crippen molar-refractivity contribution >= 4 is 11.3 Å². The number of nitrogens with one attached hydrogen (secondary N) is 1. The predicted molar refractivity (Wildman–Crippen MR) is 48.6 cm³/mol. The number of aromatic nitrogens is 1. The minimum atomic E-state index is -0.0351. The van der Waals surface area contributed by atoms with Crippen molar-refractivity contribution in [2.24, 2.45) is 0 Å². The molecule has 0 saturated heterocycles. The van der Waals surface area contributed by atoms with Crippen LogP contribution in [0.25, 0.3) is 0 Å². The molecule has 0 aliphatic heterocycles. The van der Waals surface area contributed by atoms with Crippen LogP contribution in [0.4, 0.5) is 0 Å². The number of nitriles is 1. The molecule has 0 saturated carbocycles. The van der Waals surface area contributed by atoms with E-state index in [1.165, 1.54) is 4.88 Å². The van der Waals surface area contributed by atoms with Gasteiger partial charge < -0.3 is 0 Å². The molecule has 0 fully saturated rings. The van der Waals surface area contributed by atoms with Gasteiger partial charge in [0, 0.05) is 17.6 Å². The van der Waals surface area contributed by atoms with Crippen LogP contribution in [-0.4, -0.2) is 11.0 Å². The first-order valence-corrected chi connectivity index (χ1v) is 4.75. The first-order valence-electron chi connectivity index (χ1n) is 3.87. The van der Waals surface area contributed by atoms with Gasteiger partial charge >= 0.3 is 0 Å². The molecule has 0 amide bonds. The van der Waals surface area contributed by atoms with E-state index >= 15 is 0 Å². The Balaban J connectivity index is 2.31. The third-order valence-corrected chi connectivity index (χ3v) is 2.35. The van der Waals surface area contributed by atoms with E-state index in [0.717, 1.165) is 13.0 Å². The quantitative estimate of drug-likeness (QED) is 0.766. The van der Waals surface area contributed by atoms with Crippen molar-refractivity contribution in [2.45, 2.75) is 25.9 Å². The number of hydrogen-bond donors (Lipinski definition) is 1. The summed E-state index contributed by atoms with van der Waals surface area (Å²) in [6.45, 7) is 2.74. The van der Waals surface area contributed by atoms with Gasteiger partial charge in [0.25, 0.3) is 0 Å². The molecule has 1 rings (SSSR count). The van der Waals surface area contributed by atoms with Crippen LogP contribution >= 0.6 is 11.3 Å². The first-order chi connectivity index (χ1) is 5.86. The molecule has 4 heteroatoms. The molecule has 0 aliphatic carbocycles. The Hall–Kier alpha value is -0.920. The second-order valence-corrected chi connectivity index (χ2v) is 3.41. The van der Waals surface area contributed by atoms with Gasteiger partial charge in [-0.05, 0) is 6.42 Å². The fraction of sp³-hybridized carbons (Fsp3) is 0.500. The molecule has 1 unspecified atom stereocenters. The maximum absolute atomic E-state index is 8.63. The third-order valence-electron chi connectivity index (χ3n) is 1.57. The largest absolute Gasteiger partial charge is 0.297 e. The summed E-state index contributed by atoms with van der Waals surface area (Å²) in [5, 5.41) is 11.8. The van der Waals surface area contributed by atoms with Gasteiger partial charge in [-0.2, -0.15) is 5.26 Å². The van der Waals surface area contributed by atoms with E-state index < -0.39 is 0 Å². The highest BCUT2D eigenvalue weighted by molar-refractivity contribution is 7.09. The first kappa shape index (κ1) is 9.17. The number of hydrogen-bond acceptors (Lipinski definition) is 4. The molecule has 0 aliphatic rings. The van der Waals surface area contributed by atoms with Gasteiger partial charge in [0.1, 0.15) is 0 Å². The van der Waals surface area contributed by atoms with Gasteiger partial charge in [-0.15, -0.1) is 11.3 Å². The average molecular weight is 181 g/mol. The van der Waals surface area contributed by atoms with E-state index in [4.69, 9.17) is 5.26 Å². The fourth-order valence-electron chi connectivity index (χ4n) is 0.834. The molecule has 3 nitrogen and oxygen atoms in total. The van der Waals surface area contributed by atoms with Crippen molar-refractivity contribution in [2.75, 3.05) is 0 Å². The molecule has 1 heterocycles. The highest BCUT2D eigenvalue weighted by Gasteiger charge is 2.02. The van der Waals surface area contributed by atoms with Gasteiger partial charge in [0.2, 0.25) is 0 Å². The lowest BCUT2D eigenvalue weighted by atomic mass is 10.2. The normalized spacial score (nSPS) is 12.3. The van der Waals surface area contributed by atoms with E-state index in [9.17, 15) is 0 Å². The Morgan fingerprint density at radius 3 is 3.17 bits per heavy atom. The molecular formula is C8H11N3S. The minimum Gasteiger partial charge on any atom is -0.297 e. The highest BCUT2D eigenvalue weighted by Crippen LogP contribution is 2.04. The fourth-order valence-corrected chi connectivity index (χ4v) is 1.38. The predicted octanol–water partition coefficient (Wildman–Crippen LogP) is 1.53. The Bertz CT molecular complexity index is 250. The molecular weight excluding hydrogens is 170 g/mol. The molecule has 1 aromatic rings. The van der Waals surface area contributed by atoms with Crippen LogP contribution in [0.1, 0.15) is 18.2 Å². The van der Waals surface area contributed by atoms with Crippen LogP contribution in [0, 0.1) is 11.3 Å². The van der Waals surface area contributed by atoms with Crippen LogP contribution in [0.2, 0.25) is 0 Å². The summed E-state index contributed by atoms with van der Waals surface area (Å²) < 4.78 is 0. The van der Waals surface area contributed by atoms with E-state index in [2.05, 4.69) is 16.4 Å². The second kappa shape index (κ2) is 4.86. The zero-order chi connectivity index (χ0) is 8.81. The molecule has 64 valence electrons. The van der Waals surface area contributed by atoms with E-state index in [-0.39, 0.29) is 6.04 Å². The number of nitrogens with zero attached hydrogens (tertiary/aromatic N) is 2. The van der Waals surface area contributed by atoms with Crippen molar-refractivity contribution in [1.82, 2.24) is 10.3 Å². The van der Waals surface area contributed by atoms with E-state index in [1.807, 2.05) is 13.1 Å². The van der Waals surface area contributed by atoms with Crippen LogP contribution < -0.4 is 5.32 Å². The second-order valence-electron chi connectivity index (χ2n) is 2.44. The van der Waals surface area contributed by atoms with Crippen LogP contribution in [0.15, 0.2) is 11.7 Å².